The van der Waals surface area contributed by atoms with E-state index in [-0.39, 0.29) is 11.9 Å². The number of carbonyl (C=O) groups is 2. The Hall–Kier alpha value is -2.10. The zero-order valence-corrected chi connectivity index (χ0v) is 16.4. The SMILES string of the molecule is C=CCc1cc(C)c(OC(=O)CCCCC)c(OC(=O)CCCCC)c1. The van der Waals surface area contributed by atoms with Gasteiger partial charge in [-0.1, -0.05) is 51.7 Å². The second kappa shape index (κ2) is 12.3. The first-order valence-corrected chi connectivity index (χ1v) is 9.67. The lowest BCUT2D eigenvalue weighted by Gasteiger charge is -2.15. The summed E-state index contributed by atoms with van der Waals surface area (Å²) >= 11 is 0. The predicted octanol–water partition coefficient (Wildman–Crippen LogP) is 5.69. The molecule has 26 heavy (non-hydrogen) atoms. The minimum atomic E-state index is -0.295. The fourth-order valence-electron chi connectivity index (χ4n) is 2.68. The van der Waals surface area contributed by atoms with Gasteiger partial charge in [0.2, 0.25) is 0 Å². The molecule has 1 aromatic rings. The second-order valence-electron chi connectivity index (χ2n) is 6.60. The highest BCUT2D eigenvalue weighted by molar-refractivity contribution is 5.77. The van der Waals surface area contributed by atoms with Gasteiger partial charge < -0.3 is 9.47 Å². The number of hydrogen-bond acceptors (Lipinski definition) is 4. The van der Waals surface area contributed by atoms with Crippen molar-refractivity contribution in [2.75, 3.05) is 0 Å². The van der Waals surface area contributed by atoms with Crippen LogP contribution in [0.3, 0.4) is 0 Å². The van der Waals surface area contributed by atoms with Gasteiger partial charge in [0.05, 0.1) is 0 Å². The molecule has 0 aliphatic rings. The summed E-state index contributed by atoms with van der Waals surface area (Å²) in [5.74, 6) is 0.0912. The molecule has 1 rings (SSSR count). The fraction of sp³-hybridized carbons (Fsp3) is 0.545. The summed E-state index contributed by atoms with van der Waals surface area (Å²) in [7, 11) is 0. The Bertz CT molecular complexity index is 604. The molecule has 0 spiro atoms. The molecular formula is C22H32O4. The largest absolute Gasteiger partial charge is 0.422 e. The zero-order valence-electron chi connectivity index (χ0n) is 16.4. The molecule has 0 radical (unpaired) electrons. The van der Waals surface area contributed by atoms with Crippen molar-refractivity contribution in [2.24, 2.45) is 0 Å². The van der Waals surface area contributed by atoms with E-state index in [0.717, 1.165) is 49.7 Å². The summed E-state index contributed by atoms with van der Waals surface area (Å²) in [5, 5.41) is 0. The summed E-state index contributed by atoms with van der Waals surface area (Å²) in [6, 6.07) is 3.70. The molecule has 0 bridgehead atoms. The molecule has 0 unspecified atom stereocenters. The average molecular weight is 360 g/mol. The standard InChI is InChI=1S/C22H32O4/c1-5-8-10-13-20(23)25-19-16-18(12-7-3)15-17(4)22(19)26-21(24)14-11-9-6-2/h7,15-16H,3,5-6,8-14H2,1-2,4H3. The van der Waals surface area contributed by atoms with Crippen molar-refractivity contribution in [1.82, 2.24) is 0 Å². The van der Waals surface area contributed by atoms with Crippen LogP contribution in [-0.2, 0) is 16.0 Å². The van der Waals surface area contributed by atoms with Crippen molar-refractivity contribution < 1.29 is 19.1 Å². The lowest BCUT2D eigenvalue weighted by Crippen LogP contribution is -2.13. The third-order valence-corrected chi connectivity index (χ3v) is 4.09. The summed E-state index contributed by atoms with van der Waals surface area (Å²) in [6.07, 6.45) is 8.85. The van der Waals surface area contributed by atoms with Gasteiger partial charge in [0, 0.05) is 12.8 Å². The minimum Gasteiger partial charge on any atom is -0.422 e. The van der Waals surface area contributed by atoms with Gasteiger partial charge in [-0.25, -0.2) is 0 Å². The molecule has 0 N–H and O–H groups in total. The van der Waals surface area contributed by atoms with Gasteiger partial charge in [-0.3, -0.25) is 9.59 Å². The quantitative estimate of drug-likeness (QED) is 0.208. The molecule has 0 aliphatic heterocycles. The molecule has 0 heterocycles. The summed E-state index contributed by atoms with van der Waals surface area (Å²) in [6.45, 7) is 9.78. The van der Waals surface area contributed by atoms with E-state index in [1.165, 1.54) is 0 Å². The van der Waals surface area contributed by atoms with Crippen LogP contribution in [0.4, 0.5) is 0 Å². The first kappa shape index (κ1) is 21.9. The summed E-state index contributed by atoms with van der Waals surface area (Å²) in [5.41, 5.74) is 1.75. The van der Waals surface area contributed by atoms with Crippen LogP contribution in [-0.4, -0.2) is 11.9 Å². The van der Waals surface area contributed by atoms with Gasteiger partial charge in [-0.2, -0.15) is 0 Å². The number of rotatable bonds is 12. The van der Waals surface area contributed by atoms with Gasteiger partial charge in [0.25, 0.3) is 0 Å². The van der Waals surface area contributed by atoms with Gasteiger partial charge in [-0.15, -0.1) is 6.58 Å². The Morgan fingerprint density at radius 3 is 2.08 bits per heavy atom. The highest BCUT2D eigenvalue weighted by atomic mass is 16.6. The van der Waals surface area contributed by atoms with Crippen molar-refractivity contribution in [3.8, 4) is 11.5 Å². The smallest absolute Gasteiger partial charge is 0.311 e. The lowest BCUT2D eigenvalue weighted by molar-refractivity contribution is -0.137. The number of unbranched alkanes of at least 4 members (excludes halogenated alkanes) is 4. The Morgan fingerprint density at radius 1 is 0.962 bits per heavy atom. The molecule has 0 aromatic heterocycles. The molecule has 0 amide bonds. The van der Waals surface area contributed by atoms with Crippen LogP contribution in [0, 0.1) is 6.92 Å². The zero-order chi connectivity index (χ0) is 19.4. The molecule has 0 fully saturated rings. The van der Waals surface area contributed by atoms with E-state index in [1.54, 1.807) is 12.1 Å². The maximum atomic E-state index is 12.1. The lowest BCUT2D eigenvalue weighted by atomic mass is 10.1. The third kappa shape index (κ3) is 7.85. The van der Waals surface area contributed by atoms with Crippen LogP contribution in [0.25, 0.3) is 0 Å². The van der Waals surface area contributed by atoms with E-state index < -0.39 is 0 Å². The van der Waals surface area contributed by atoms with E-state index in [0.29, 0.717) is 30.8 Å². The topological polar surface area (TPSA) is 52.6 Å². The van der Waals surface area contributed by atoms with Gasteiger partial charge in [-0.05, 0) is 43.4 Å². The number of esters is 2. The Labute approximate surface area is 157 Å². The van der Waals surface area contributed by atoms with Crippen LogP contribution in [0.15, 0.2) is 24.8 Å². The molecule has 0 atom stereocenters. The van der Waals surface area contributed by atoms with E-state index >= 15 is 0 Å². The minimum absolute atomic E-state index is 0.290. The number of benzene rings is 1. The van der Waals surface area contributed by atoms with E-state index in [2.05, 4.69) is 20.4 Å². The Kier molecular flexibility index (Phi) is 10.4. The van der Waals surface area contributed by atoms with Crippen molar-refractivity contribution in [1.29, 1.82) is 0 Å². The monoisotopic (exact) mass is 360 g/mol. The molecule has 4 nitrogen and oxygen atoms in total. The Balaban J connectivity index is 2.93. The van der Waals surface area contributed by atoms with Crippen LogP contribution in [0.5, 0.6) is 11.5 Å². The van der Waals surface area contributed by atoms with Crippen LogP contribution >= 0.6 is 0 Å². The first-order chi connectivity index (χ1) is 12.5. The van der Waals surface area contributed by atoms with Crippen molar-refractivity contribution in [3.63, 3.8) is 0 Å². The predicted molar refractivity (Wildman–Crippen MR) is 105 cm³/mol. The average Bonchev–Trinajstić information content (AvgIpc) is 2.59. The van der Waals surface area contributed by atoms with E-state index in [1.807, 2.05) is 13.0 Å². The molecular weight excluding hydrogens is 328 g/mol. The van der Waals surface area contributed by atoms with Gasteiger partial charge >= 0.3 is 11.9 Å². The highest BCUT2D eigenvalue weighted by Crippen LogP contribution is 2.34. The van der Waals surface area contributed by atoms with Crippen LogP contribution in [0.2, 0.25) is 0 Å². The van der Waals surface area contributed by atoms with Gasteiger partial charge in [0.15, 0.2) is 11.5 Å². The number of ether oxygens (including phenoxy) is 2. The fourth-order valence-corrected chi connectivity index (χ4v) is 2.68. The molecule has 0 aliphatic carbocycles. The van der Waals surface area contributed by atoms with Crippen molar-refractivity contribution in [3.05, 3.63) is 35.9 Å². The first-order valence-electron chi connectivity index (χ1n) is 9.67. The number of hydrogen-bond donors (Lipinski definition) is 0. The summed E-state index contributed by atoms with van der Waals surface area (Å²) < 4.78 is 11.1. The maximum Gasteiger partial charge on any atom is 0.311 e. The van der Waals surface area contributed by atoms with E-state index in [9.17, 15) is 9.59 Å². The van der Waals surface area contributed by atoms with E-state index in [4.69, 9.17) is 9.47 Å². The molecule has 1 aromatic carbocycles. The molecule has 4 heteroatoms. The van der Waals surface area contributed by atoms with Crippen LogP contribution in [0.1, 0.15) is 76.3 Å². The van der Waals surface area contributed by atoms with Gasteiger partial charge in [0.1, 0.15) is 0 Å². The number of carbonyl (C=O) groups excluding carboxylic acids is 2. The molecule has 0 saturated carbocycles. The summed E-state index contributed by atoms with van der Waals surface area (Å²) in [4.78, 5) is 24.3. The van der Waals surface area contributed by atoms with Crippen molar-refractivity contribution in [2.45, 2.75) is 78.6 Å². The maximum absolute atomic E-state index is 12.1. The number of allylic oxidation sites excluding steroid dienone is 1. The van der Waals surface area contributed by atoms with Crippen molar-refractivity contribution >= 4 is 11.9 Å². The third-order valence-electron chi connectivity index (χ3n) is 4.09. The molecule has 0 saturated heterocycles. The normalized spacial score (nSPS) is 10.4. The number of aryl methyl sites for hydroxylation is 1. The van der Waals surface area contributed by atoms with Crippen LogP contribution < -0.4 is 9.47 Å². The molecule has 144 valence electrons. The second-order valence-corrected chi connectivity index (χ2v) is 6.60. The highest BCUT2D eigenvalue weighted by Gasteiger charge is 2.17. The Morgan fingerprint density at radius 2 is 1.54 bits per heavy atom.